The first-order chi connectivity index (χ1) is 15.7. The van der Waals surface area contributed by atoms with Crippen LogP contribution in [0.4, 0.5) is 14.9 Å². The van der Waals surface area contributed by atoms with E-state index in [2.05, 4.69) is 5.32 Å². The number of benzene rings is 2. The average molecular weight is 464 g/mol. The van der Waals surface area contributed by atoms with Gasteiger partial charge in [-0.1, -0.05) is 23.8 Å². The van der Waals surface area contributed by atoms with Crippen molar-refractivity contribution in [2.45, 2.75) is 20.8 Å². The lowest BCUT2D eigenvalue weighted by Crippen LogP contribution is -2.36. The lowest BCUT2D eigenvalue weighted by Gasteiger charge is -2.12. The van der Waals surface area contributed by atoms with Crippen LogP contribution in [-0.2, 0) is 9.59 Å². The molecule has 0 atom stereocenters. The third-order valence-electron chi connectivity index (χ3n) is 5.33. The van der Waals surface area contributed by atoms with Crippen molar-refractivity contribution in [3.8, 4) is 5.69 Å². The molecule has 4 rings (SSSR count). The molecule has 0 radical (unpaired) electrons. The van der Waals surface area contributed by atoms with E-state index in [9.17, 15) is 18.8 Å². The van der Waals surface area contributed by atoms with Gasteiger partial charge in [-0.3, -0.25) is 19.3 Å². The highest BCUT2D eigenvalue weighted by Crippen LogP contribution is 2.33. The Morgan fingerprint density at radius 2 is 1.79 bits per heavy atom. The second-order valence-corrected chi connectivity index (χ2v) is 8.82. The van der Waals surface area contributed by atoms with Crippen LogP contribution in [0.2, 0.25) is 0 Å². The minimum Gasteiger partial charge on any atom is -0.325 e. The molecule has 0 bridgehead atoms. The molecule has 3 amide bonds. The summed E-state index contributed by atoms with van der Waals surface area (Å²) in [4.78, 5) is 38.8. The topological polar surface area (TPSA) is 71.4 Å². The quantitative estimate of drug-likeness (QED) is 0.527. The molecule has 2 heterocycles. The minimum atomic E-state index is -0.514. The lowest BCUT2D eigenvalue weighted by molar-refractivity contribution is -0.127. The zero-order valence-corrected chi connectivity index (χ0v) is 19.2. The highest BCUT2D eigenvalue weighted by atomic mass is 32.2. The fraction of sp³-hybridized carbons (Fsp3) is 0.160. The zero-order chi connectivity index (χ0) is 23.7. The number of hydrogen-bond donors (Lipinski definition) is 1. The molecule has 3 aromatic rings. The third kappa shape index (κ3) is 4.75. The Kier molecular flexibility index (Phi) is 6.20. The second-order valence-electron chi connectivity index (χ2n) is 7.82. The summed E-state index contributed by atoms with van der Waals surface area (Å²) in [6.07, 6.45) is 1.64. The van der Waals surface area contributed by atoms with Crippen LogP contribution in [0.15, 0.2) is 59.5 Å². The molecule has 0 aliphatic carbocycles. The Morgan fingerprint density at radius 3 is 2.48 bits per heavy atom. The van der Waals surface area contributed by atoms with Gasteiger partial charge < -0.3 is 9.88 Å². The summed E-state index contributed by atoms with van der Waals surface area (Å²) >= 11 is 0.798. The van der Waals surface area contributed by atoms with Crippen molar-refractivity contribution in [2.24, 2.45) is 0 Å². The first kappa shape index (κ1) is 22.5. The van der Waals surface area contributed by atoms with Gasteiger partial charge in [-0.15, -0.1) is 0 Å². The number of halogens is 1. The Bertz CT molecular complexity index is 1290. The van der Waals surface area contributed by atoms with E-state index in [4.69, 9.17) is 0 Å². The SMILES string of the molecule is Cc1ccc(NC(=O)CN2C(=O)SC(=Cc3cc(C)n(-c4cccc(F)c4)c3C)C2=O)cc1. The number of amides is 3. The highest BCUT2D eigenvalue weighted by molar-refractivity contribution is 8.18. The Morgan fingerprint density at radius 1 is 1.06 bits per heavy atom. The van der Waals surface area contributed by atoms with Crippen molar-refractivity contribution in [1.82, 2.24) is 9.47 Å². The molecule has 1 aromatic heterocycles. The van der Waals surface area contributed by atoms with Crippen LogP contribution in [0.3, 0.4) is 0 Å². The first-order valence-electron chi connectivity index (χ1n) is 10.3. The molecule has 0 saturated carbocycles. The van der Waals surface area contributed by atoms with Gasteiger partial charge in [0.1, 0.15) is 12.4 Å². The number of anilines is 1. The van der Waals surface area contributed by atoms with E-state index >= 15 is 0 Å². The summed E-state index contributed by atoms with van der Waals surface area (Å²) in [6, 6.07) is 15.4. The van der Waals surface area contributed by atoms with Gasteiger partial charge in [0.2, 0.25) is 5.91 Å². The summed E-state index contributed by atoms with van der Waals surface area (Å²) < 4.78 is 15.6. The number of aryl methyl sites for hydroxylation is 2. The van der Waals surface area contributed by atoms with Crippen molar-refractivity contribution in [1.29, 1.82) is 0 Å². The van der Waals surface area contributed by atoms with Gasteiger partial charge in [-0.2, -0.15) is 0 Å². The summed E-state index contributed by atoms with van der Waals surface area (Å²) in [6.45, 7) is 5.32. The third-order valence-corrected chi connectivity index (χ3v) is 6.24. The molecule has 1 saturated heterocycles. The predicted octanol–water partition coefficient (Wildman–Crippen LogP) is 5.22. The van der Waals surface area contributed by atoms with E-state index < -0.39 is 17.1 Å². The number of nitrogens with zero attached hydrogens (tertiary/aromatic N) is 2. The van der Waals surface area contributed by atoms with Gasteiger partial charge in [0.25, 0.3) is 11.1 Å². The maximum atomic E-state index is 13.7. The lowest BCUT2D eigenvalue weighted by atomic mass is 10.2. The van der Waals surface area contributed by atoms with Crippen molar-refractivity contribution in [3.05, 3.63) is 87.8 Å². The maximum absolute atomic E-state index is 13.7. The van der Waals surface area contributed by atoms with Gasteiger partial charge in [-0.25, -0.2) is 4.39 Å². The Labute approximate surface area is 195 Å². The van der Waals surface area contributed by atoms with E-state index in [1.54, 1.807) is 30.3 Å². The normalized spacial score (nSPS) is 14.9. The number of aromatic nitrogens is 1. The van der Waals surface area contributed by atoms with E-state index in [0.29, 0.717) is 11.4 Å². The fourth-order valence-corrected chi connectivity index (χ4v) is 4.53. The number of carbonyl (C=O) groups excluding carboxylic acids is 3. The van der Waals surface area contributed by atoms with Crippen molar-refractivity contribution in [2.75, 3.05) is 11.9 Å². The molecular weight excluding hydrogens is 441 g/mol. The number of nitrogens with one attached hydrogen (secondary N) is 1. The molecule has 1 aliphatic rings. The number of carbonyl (C=O) groups is 3. The molecule has 6 nitrogen and oxygen atoms in total. The summed E-state index contributed by atoms with van der Waals surface area (Å²) in [5, 5.41) is 2.20. The molecule has 168 valence electrons. The molecule has 0 unspecified atom stereocenters. The van der Waals surface area contributed by atoms with Gasteiger partial charge in [0.15, 0.2) is 0 Å². The van der Waals surface area contributed by atoms with E-state index in [0.717, 1.165) is 39.2 Å². The Hall–Kier alpha value is -3.65. The summed E-state index contributed by atoms with van der Waals surface area (Å²) in [5.74, 6) is -1.31. The molecule has 1 fully saturated rings. The van der Waals surface area contributed by atoms with Crippen LogP contribution in [0.1, 0.15) is 22.5 Å². The van der Waals surface area contributed by atoms with Crippen LogP contribution >= 0.6 is 11.8 Å². The van der Waals surface area contributed by atoms with Gasteiger partial charge >= 0.3 is 0 Å². The highest BCUT2D eigenvalue weighted by Gasteiger charge is 2.36. The van der Waals surface area contributed by atoms with Crippen LogP contribution in [0.5, 0.6) is 0 Å². The van der Waals surface area contributed by atoms with Crippen LogP contribution < -0.4 is 5.32 Å². The maximum Gasteiger partial charge on any atom is 0.294 e. The molecule has 8 heteroatoms. The fourth-order valence-electron chi connectivity index (χ4n) is 3.70. The number of rotatable bonds is 5. The molecule has 0 spiro atoms. The van der Waals surface area contributed by atoms with Crippen molar-refractivity contribution in [3.63, 3.8) is 0 Å². The monoisotopic (exact) mass is 463 g/mol. The molecule has 1 aliphatic heterocycles. The molecule has 33 heavy (non-hydrogen) atoms. The van der Waals surface area contributed by atoms with Gasteiger partial charge in [-0.05, 0) is 80.6 Å². The number of hydrogen-bond acceptors (Lipinski definition) is 4. The summed E-state index contributed by atoms with van der Waals surface area (Å²) in [7, 11) is 0. The standard InChI is InChI=1S/C25H22FN3O3S/c1-15-7-9-20(10-8-15)27-23(30)14-28-24(31)22(33-25(28)32)12-18-11-16(2)29(17(18)3)21-6-4-5-19(26)13-21/h4-13H,14H2,1-3H3,(H,27,30). The summed E-state index contributed by atoms with van der Waals surface area (Å²) in [5.41, 5.74) is 4.73. The van der Waals surface area contributed by atoms with Gasteiger partial charge in [0, 0.05) is 22.8 Å². The number of imide groups is 1. The molecular formula is C25H22FN3O3S. The minimum absolute atomic E-state index is 0.239. The first-order valence-corrected chi connectivity index (χ1v) is 11.1. The second kappa shape index (κ2) is 9.07. The molecule has 1 N–H and O–H groups in total. The van der Waals surface area contributed by atoms with E-state index in [1.165, 1.54) is 12.1 Å². The van der Waals surface area contributed by atoms with Crippen LogP contribution in [0.25, 0.3) is 11.8 Å². The molecule has 2 aromatic carbocycles. The largest absolute Gasteiger partial charge is 0.325 e. The Balaban J connectivity index is 1.53. The van der Waals surface area contributed by atoms with E-state index in [-0.39, 0.29) is 17.3 Å². The van der Waals surface area contributed by atoms with Gasteiger partial charge in [0.05, 0.1) is 4.91 Å². The van der Waals surface area contributed by atoms with Crippen LogP contribution in [-0.4, -0.2) is 33.1 Å². The number of thioether (sulfide) groups is 1. The zero-order valence-electron chi connectivity index (χ0n) is 18.4. The van der Waals surface area contributed by atoms with Crippen molar-refractivity contribution < 1.29 is 18.8 Å². The van der Waals surface area contributed by atoms with Crippen molar-refractivity contribution >= 4 is 40.6 Å². The average Bonchev–Trinajstić information content (AvgIpc) is 3.19. The van der Waals surface area contributed by atoms with E-state index in [1.807, 2.05) is 43.5 Å². The smallest absolute Gasteiger partial charge is 0.294 e. The van der Waals surface area contributed by atoms with Crippen LogP contribution in [0, 0.1) is 26.6 Å². The predicted molar refractivity (Wildman–Crippen MR) is 128 cm³/mol.